The maximum absolute atomic E-state index is 13.7. The van der Waals surface area contributed by atoms with Gasteiger partial charge in [-0.25, -0.2) is 4.39 Å². The quantitative estimate of drug-likeness (QED) is 0.631. The molecule has 0 saturated carbocycles. The van der Waals surface area contributed by atoms with E-state index in [1.165, 1.54) is 10.7 Å². The molecule has 1 aromatic heterocycles. The molecular formula is C21H19FN4O4. The van der Waals surface area contributed by atoms with Gasteiger partial charge >= 0.3 is 0 Å². The number of carbonyl (C=O) groups excluding carboxylic acids is 2. The minimum absolute atomic E-state index is 0.0645. The van der Waals surface area contributed by atoms with Crippen LogP contribution in [0.5, 0.6) is 5.95 Å². The maximum atomic E-state index is 13.7. The third-order valence-corrected chi connectivity index (χ3v) is 4.95. The number of amides is 2. The molecule has 1 N–H and O–H groups in total. The highest BCUT2D eigenvalue weighted by molar-refractivity contribution is 5.92. The molecule has 0 bridgehead atoms. The van der Waals surface area contributed by atoms with E-state index in [9.17, 15) is 19.1 Å². The monoisotopic (exact) mass is 410 g/mol. The first-order chi connectivity index (χ1) is 14.5. The summed E-state index contributed by atoms with van der Waals surface area (Å²) in [5.74, 6) is -1.53. The molecule has 2 heterocycles. The molecule has 8 nitrogen and oxygen atoms in total. The topological polar surface area (TPSA) is 102 Å². The van der Waals surface area contributed by atoms with Gasteiger partial charge in [0, 0.05) is 18.8 Å². The van der Waals surface area contributed by atoms with Gasteiger partial charge in [-0.2, -0.15) is 0 Å². The Balaban J connectivity index is 1.40. The summed E-state index contributed by atoms with van der Waals surface area (Å²) in [5, 5.41) is 17.3. The van der Waals surface area contributed by atoms with Crippen LogP contribution in [0.1, 0.15) is 16.7 Å². The normalized spacial score (nSPS) is 13.0. The highest BCUT2D eigenvalue weighted by Gasteiger charge is 2.24. The summed E-state index contributed by atoms with van der Waals surface area (Å²) in [7, 11) is 0. The van der Waals surface area contributed by atoms with E-state index in [4.69, 9.17) is 0 Å². The van der Waals surface area contributed by atoms with Gasteiger partial charge in [0.2, 0.25) is 12.1 Å². The van der Waals surface area contributed by atoms with Crippen molar-refractivity contribution in [1.29, 1.82) is 0 Å². The lowest BCUT2D eigenvalue weighted by molar-refractivity contribution is -0.751. The fraction of sp³-hybridized carbons (Fsp3) is 0.238. The van der Waals surface area contributed by atoms with E-state index in [1.807, 2.05) is 12.1 Å². The minimum Gasteiger partial charge on any atom is -0.539 e. The predicted molar refractivity (Wildman–Crippen MR) is 100 cm³/mol. The fourth-order valence-electron chi connectivity index (χ4n) is 3.44. The summed E-state index contributed by atoms with van der Waals surface area (Å²) in [6.45, 7) is 0.849. The van der Waals surface area contributed by atoms with Gasteiger partial charge in [0.1, 0.15) is 11.8 Å². The SMILES string of the molecule is O=C(Cc1ccccc1F)Nc1ccc2c(c1)CN(C(=O)C[n+]1cc([O-])on1)CC2. The molecule has 0 spiro atoms. The van der Waals surface area contributed by atoms with Crippen LogP contribution in [0.15, 0.2) is 53.2 Å². The number of halogens is 1. The van der Waals surface area contributed by atoms with Gasteiger partial charge < -0.3 is 19.8 Å². The summed E-state index contributed by atoms with van der Waals surface area (Å²) in [6.07, 6.45) is 1.74. The second-order valence-electron chi connectivity index (χ2n) is 7.08. The highest BCUT2D eigenvalue weighted by atomic mass is 19.1. The number of carbonyl (C=O) groups is 2. The summed E-state index contributed by atoms with van der Waals surface area (Å²) in [5.41, 5.74) is 2.94. The minimum atomic E-state index is -0.609. The average molecular weight is 410 g/mol. The number of nitrogens with one attached hydrogen (secondary N) is 1. The van der Waals surface area contributed by atoms with Gasteiger partial charge in [-0.1, -0.05) is 28.9 Å². The molecule has 0 aliphatic carbocycles. The van der Waals surface area contributed by atoms with E-state index in [0.29, 0.717) is 30.8 Å². The number of aromatic nitrogens is 2. The zero-order valence-corrected chi connectivity index (χ0v) is 16.0. The third-order valence-electron chi connectivity index (χ3n) is 4.95. The fourth-order valence-corrected chi connectivity index (χ4v) is 3.44. The van der Waals surface area contributed by atoms with E-state index >= 15 is 0 Å². The molecule has 4 rings (SSSR count). The van der Waals surface area contributed by atoms with Crippen molar-refractivity contribution in [2.45, 2.75) is 25.9 Å². The van der Waals surface area contributed by atoms with Crippen molar-refractivity contribution >= 4 is 17.5 Å². The van der Waals surface area contributed by atoms with E-state index in [-0.39, 0.29) is 24.8 Å². The van der Waals surface area contributed by atoms with E-state index in [0.717, 1.165) is 17.3 Å². The zero-order chi connectivity index (χ0) is 21.1. The van der Waals surface area contributed by atoms with Crippen molar-refractivity contribution in [2.24, 2.45) is 0 Å². The summed E-state index contributed by atoms with van der Waals surface area (Å²) < 4.78 is 19.3. The molecule has 0 atom stereocenters. The number of anilines is 1. The van der Waals surface area contributed by atoms with Gasteiger partial charge in [-0.05, 0) is 41.3 Å². The number of fused-ring (bicyclic) bond motifs is 1. The smallest absolute Gasteiger partial charge is 0.291 e. The summed E-state index contributed by atoms with van der Waals surface area (Å²) in [6, 6.07) is 11.7. The molecule has 154 valence electrons. The van der Waals surface area contributed by atoms with E-state index in [1.54, 1.807) is 29.2 Å². The first kappa shape index (κ1) is 19.6. The highest BCUT2D eigenvalue weighted by Crippen LogP contribution is 2.23. The van der Waals surface area contributed by atoms with Crippen LogP contribution in [0.25, 0.3) is 0 Å². The summed E-state index contributed by atoms with van der Waals surface area (Å²) >= 11 is 0. The molecule has 0 unspecified atom stereocenters. The lowest BCUT2D eigenvalue weighted by atomic mass is 9.99. The number of hydrogen-bond acceptors (Lipinski definition) is 5. The van der Waals surface area contributed by atoms with Crippen molar-refractivity contribution in [1.82, 2.24) is 10.2 Å². The van der Waals surface area contributed by atoms with Crippen LogP contribution in [-0.2, 0) is 35.5 Å². The second kappa shape index (κ2) is 8.32. The van der Waals surface area contributed by atoms with Crippen molar-refractivity contribution < 1.29 is 28.3 Å². The van der Waals surface area contributed by atoms with Crippen LogP contribution < -0.4 is 15.1 Å². The van der Waals surface area contributed by atoms with E-state index < -0.39 is 11.8 Å². The molecule has 1 aliphatic heterocycles. The summed E-state index contributed by atoms with van der Waals surface area (Å²) in [4.78, 5) is 26.5. The van der Waals surface area contributed by atoms with Gasteiger partial charge in [0.05, 0.1) is 11.7 Å². The van der Waals surface area contributed by atoms with Crippen molar-refractivity contribution in [3.05, 3.63) is 71.2 Å². The first-order valence-electron chi connectivity index (χ1n) is 9.44. The molecule has 0 radical (unpaired) electrons. The third kappa shape index (κ3) is 4.45. The lowest BCUT2D eigenvalue weighted by Crippen LogP contribution is -2.47. The Labute approximate surface area is 171 Å². The zero-order valence-electron chi connectivity index (χ0n) is 16.0. The number of nitrogens with zero attached hydrogens (tertiary/aromatic N) is 3. The number of hydrogen-bond donors (Lipinski definition) is 1. The predicted octanol–water partition coefficient (Wildman–Crippen LogP) is 0.941. The van der Waals surface area contributed by atoms with Crippen LogP contribution in [0.2, 0.25) is 0 Å². The Kier molecular flexibility index (Phi) is 5.42. The Morgan fingerprint density at radius 1 is 1.23 bits per heavy atom. The largest absolute Gasteiger partial charge is 0.539 e. The first-order valence-corrected chi connectivity index (χ1v) is 9.44. The van der Waals surface area contributed by atoms with Crippen LogP contribution in [0.4, 0.5) is 10.1 Å². The van der Waals surface area contributed by atoms with Crippen molar-refractivity contribution in [2.75, 3.05) is 11.9 Å². The van der Waals surface area contributed by atoms with Gasteiger partial charge in [0.25, 0.3) is 12.5 Å². The number of benzene rings is 2. The molecular weight excluding hydrogens is 391 g/mol. The molecule has 9 heteroatoms. The molecule has 2 amide bonds. The molecule has 0 saturated heterocycles. The molecule has 2 aromatic carbocycles. The van der Waals surface area contributed by atoms with Gasteiger partial charge in [-0.15, -0.1) is 0 Å². The molecule has 3 aromatic rings. The second-order valence-corrected chi connectivity index (χ2v) is 7.08. The van der Waals surface area contributed by atoms with Crippen molar-refractivity contribution in [3.63, 3.8) is 0 Å². The maximum Gasteiger partial charge on any atom is 0.291 e. The van der Waals surface area contributed by atoms with Crippen LogP contribution in [0, 0.1) is 5.82 Å². The van der Waals surface area contributed by atoms with E-state index in [2.05, 4.69) is 15.1 Å². The lowest BCUT2D eigenvalue weighted by Gasteiger charge is -2.28. The standard InChI is InChI=1S/C21H19FN4O4/c22-18-4-2-1-3-15(18)10-19(27)23-17-6-5-14-7-8-25(11-16(14)9-17)20(28)12-26-13-21(29)30-24-26/h1-6,9,13H,7-8,10-12H2,(H-,23,24,27,29). The van der Waals surface area contributed by atoms with Crippen LogP contribution >= 0.6 is 0 Å². The van der Waals surface area contributed by atoms with Gasteiger partial charge in [0.15, 0.2) is 0 Å². The Morgan fingerprint density at radius 3 is 2.83 bits per heavy atom. The average Bonchev–Trinajstić information content (AvgIpc) is 3.13. The van der Waals surface area contributed by atoms with Crippen molar-refractivity contribution in [3.8, 4) is 5.95 Å². The Morgan fingerprint density at radius 2 is 2.07 bits per heavy atom. The van der Waals surface area contributed by atoms with Crippen LogP contribution in [-0.4, -0.2) is 28.5 Å². The van der Waals surface area contributed by atoms with Gasteiger partial charge in [-0.3, -0.25) is 9.59 Å². The molecule has 30 heavy (non-hydrogen) atoms. The molecule has 1 aliphatic rings. The number of rotatable bonds is 5. The molecule has 0 fully saturated rings. The Bertz CT molecular complexity index is 1100. The Hall–Kier alpha value is -3.75. The van der Waals surface area contributed by atoms with Crippen LogP contribution in [0.3, 0.4) is 0 Å².